The molecule has 0 fully saturated rings. The van der Waals surface area contributed by atoms with Crippen molar-refractivity contribution in [2.24, 2.45) is 5.73 Å². The summed E-state index contributed by atoms with van der Waals surface area (Å²) in [6.07, 6.45) is -5.64. The average molecular weight is 337 g/mol. The summed E-state index contributed by atoms with van der Waals surface area (Å²) in [6, 6.07) is 9.33. The van der Waals surface area contributed by atoms with Gasteiger partial charge in [0.1, 0.15) is 5.82 Å². The van der Waals surface area contributed by atoms with Crippen molar-refractivity contribution < 1.29 is 27.1 Å². The Morgan fingerprint density at radius 1 is 1.04 bits per heavy atom. The monoisotopic (exact) mass is 337 g/mol. The number of ketones is 1. The van der Waals surface area contributed by atoms with Gasteiger partial charge in [0.15, 0.2) is 12.0 Å². The van der Waals surface area contributed by atoms with Crippen LogP contribution in [0.3, 0.4) is 0 Å². The third-order valence-corrected chi connectivity index (χ3v) is 3.63. The second-order valence-corrected chi connectivity index (χ2v) is 5.23. The molecule has 0 saturated heterocycles. The molecule has 0 bridgehead atoms. The van der Waals surface area contributed by atoms with Gasteiger partial charge in [0.05, 0.1) is 11.1 Å². The first-order chi connectivity index (χ1) is 11.3. The molecule has 0 aromatic heterocycles. The minimum Gasteiger partial charge on any atom is -0.462 e. The number of hydrogen-bond donors (Lipinski definition) is 1. The van der Waals surface area contributed by atoms with Crippen molar-refractivity contribution in [3.05, 3.63) is 76.9 Å². The SMILES string of the molecule is NC1=C(c2cccc(C(F)(F)F)c2)C(=O)C(c2ccc(F)cc2)O1. The molecule has 1 aliphatic rings. The van der Waals surface area contributed by atoms with E-state index in [0.29, 0.717) is 5.56 Å². The maximum atomic E-state index is 13.0. The maximum Gasteiger partial charge on any atom is 0.416 e. The van der Waals surface area contributed by atoms with Crippen molar-refractivity contribution in [3.8, 4) is 0 Å². The maximum absolute atomic E-state index is 13.0. The van der Waals surface area contributed by atoms with Crippen LogP contribution in [0.15, 0.2) is 54.4 Å². The molecule has 0 spiro atoms. The highest BCUT2D eigenvalue weighted by molar-refractivity contribution is 6.25. The number of Topliss-reactive ketones (excluding diaryl/α,β-unsaturated/α-hetero) is 1. The molecular weight excluding hydrogens is 326 g/mol. The second kappa shape index (κ2) is 5.67. The van der Waals surface area contributed by atoms with Crippen LogP contribution in [0.5, 0.6) is 0 Å². The zero-order chi connectivity index (χ0) is 17.5. The van der Waals surface area contributed by atoms with Gasteiger partial charge < -0.3 is 10.5 Å². The summed E-state index contributed by atoms with van der Waals surface area (Å²) in [5.74, 6) is -1.31. The number of ether oxygens (including phenoxy) is 1. The Balaban J connectivity index is 1.96. The predicted molar refractivity (Wildman–Crippen MR) is 77.8 cm³/mol. The lowest BCUT2D eigenvalue weighted by Crippen LogP contribution is -2.10. The molecule has 2 aromatic rings. The van der Waals surface area contributed by atoms with E-state index in [4.69, 9.17) is 10.5 Å². The fourth-order valence-corrected chi connectivity index (χ4v) is 2.48. The molecule has 2 N–H and O–H groups in total. The lowest BCUT2D eigenvalue weighted by atomic mass is 9.96. The molecule has 1 atom stereocenters. The zero-order valence-corrected chi connectivity index (χ0v) is 12.1. The molecule has 24 heavy (non-hydrogen) atoms. The summed E-state index contributed by atoms with van der Waals surface area (Å²) in [4.78, 5) is 12.5. The van der Waals surface area contributed by atoms with Crippen LogP contribution in [0, 0.1) is 5.82 Å². The van der Waals surface area contributed by atoms with E-state index < -0.39 is 29.4 Å². The Kier molecular flexibility index (Phi) is 3.79. The quantitative estimate of drug-likeness (QED) is 0.848. The summed E-state index contributed by atoms with van der Waals surface area (Å²) < 4.78 is 56.8. The molecule has 2 aromatic carbocycles. The van der Waals surface area contributed by atoms with E-state index in [2.05, 4.69) is 0 Å². The van der Waals surface area contributed by atoms with Gasteiger partial charge in [-0.25, -0.2) is 4.39 Å². The molecule has 0 aliphatic carbocycles. The van der Waals surface area contributed by atoms with Gasteiger partial charge in [-0.3, -0.25) is 4.79 Å². The van der Waals surface area contributed by atoms with Crippen LogP contribution < -0.4 is 5.73 Å². The van der Waals surface area contributed by atoms with E-state index in [-0.39, 0.29) is 17.0 Å². The number of hydrogen-bond acceptors (Lipinski definition) is 3. The fourth-order valence-electron chi connectivity index (χ4n) is 2.48. The molecule has 0 saturated carbocycles. The molecule has 0 amide bonds. The average Bonchev–Trinajstić information content (AvgIpc) is 2.82. The third kappa shape index (κ3) is 2.84. The van der Waals surface area contributed by atoms with E-state index in [1.807, 2.05) is 0 Å². The molecule has 3 rings (SSSR count). The Morgan fingerprint density at radius 2 is 1.71 bits per heavy atom. The number of carbonyl (C=O) groups is 1. The van der Waals surface area contributed by atoms with Crippen molar-refractivity contribution in [1.82, 2.24) is 0 Å². The molecular formula is C17H11F4NO2. The van der Waals surface area contributed by atoms with Gasteiger partial charge in [0.2, 0.25) is 5.78 Å². The smallest absolute Gasteiger partial charge is 0.416 e. The van der Waals surface area contributed by atoms with Crippen molar-refractivity contribution >= 4 is 11.4 Å². The Morgan fingerprint density at radius 3 is 2.33 bits per heavy atom. The summed E-state index contributed by atoms with van der Waals surface area (Å²) >= 11 is 0. The lowest BCUT2D eigenvalue weighted by molar-refractivity contribution is -0.137. The first kappa shape index (κ1) is 16.0. The predicted octanol–water partition coefficient (Wildman–Crippen LogP) is 3.81. The zero-order valence-electron chi connectivity index (χ0n) is 12.1. The van der Waals surface area contributed by atoms with Crippen molar-refractivity contribution in [1.29, 1.82) is 0 Å². The normalized spacial score (nSPS) is 18.0. The third-order valence-electron chi connectivity index (χ3n) is 3.63. The van der Waals surface area contributed by atoms with Gasteiger partial charge >= 0.3 is 6.18 Å². The number of nitrogens with two attached hydrogens (primary N) is 1. The Labute approximate surface area is 134 Å². The van der Waals surface area contributed by atoms with Crippen LogP contribution in [-0.2, 0) is 15.7 Å². The van der Waals surface area contributed by atoms with Crippen molar-refractivity contribution in [2.45, 2.75) is 12.3 Å². The molecule has 124 valence electrons. The van der Waals surface area contributed by atoms with Crippen LogP contribution in [0.4, 0.5) is 17.6 Å². The first-order valence-corrected chi connectivity index (χ1v) is 6.91. The second-order valence-electron chi connectivity index (χ2n) is 5.23. The first-order valence-electron chi connectivity index (χ1n) is 6.91. The molecule has 3 nitrogen and oxygen atoms in total. The van der Waals surface area contributed by atoms with Gasteiger partial charge in [-0.2, -0.15) is 13.2 Å². The van der Waals surface area contributed by atoms with E-state index in [0.717, 1.165) is 24.3 Å². The number of alkyl halides is 3. The van der Waals surface area contributed by atoms with E-state index >= 15 is 0 Å². The van der Waals surface area contributed by atoms with Crippen LogP contribution in [0.2, 0.25) is 0 Å². The highest BCUT2D eigenvalue weighted by atomic mass is 19.4. The highest BCUT2D eigenvalue weighted by Crippen LogP contribution is 2.38. The molecule has 1 aliphatic heterocycles. The number of carbonyl (C=O) groups excluding carboxylic acids is 1. The van der Waals surface area contributed by atoms with Crippen molar-refractivity contribution in [2.75, 3.05) is 0 Å². The fraction of sp³-hybridized carbons (Fsp3) is 0.118. The Bertz CT molecular complexity index is 825. The molecule has 1 heterocycles. The standard InChI is InChI=1S/C17H11F4NO2/c18-12-6-4-9(5-7-12)15-14(23)13(16(22)24-15)10-2-1-3-11(8-10)17(19,20)21/h1-8,15H,22H2. The summed E-state index contributed by atoms with van der Waals surface area (Å²) in [6.45, 7) is 0. The summed E-state index contributed by atoms with van der Waals surface area (Å²) in [7, 11) is 0. The van der Waals surface area contributed by atoms with Crippen LogP contribution >= 0.6 is 0 Å². The van der Waals surface area contributed by atoms with Crippen LogP contribution in [0.1, 0.15) is 22.8 Å². The highest BCUT2D eigenvalue weighted by Gasteiger charge is 2.37. The largest absolute Gasteiger partial charge is 0.462 e. The lowest BCUT2D eigenvalue weighted by Gasteiger charge is -2.10. The van der Waals surface area contributed by atoms with E-state index in [1.54, 1.807) is 0 Å². The number of benzene rings is 2. The minimum atomic E-state index is -4.54. The number of halogens is 4. The summed E-state index contributed by atoms with van der Waals surface area (Å²) in [5.41, 5.74) is 5.09. The van der Waals surface area contributed by atoms with Gasteiger partial charge in [0.25, 0.3) is 0 Å². The van der Waals surface area contributed by atoms with E-state index in [9.17, 15) is 22.4 Å². The topological polar surface area (TPSA) is 52.3 Å². The van der Waals surface area contributed by atoms with Gasteiger partial charge in [-0.1, -0.05) is 24.3 Å². The van der Waals surface area contributed by atoms with Gasteiger partial charge in [0, 0.05) is 5.56 Å². The summed E-state index contributed by atoms with van der Waals surface area (Å²) in [5, 5.41) is 0. The van der Waals surface area contributed by atoms with Gasteiger partial charge in [-0.05, 0) is 29.8 Å². The number of rotatable bonds is 2. The van der Waals surface area contributed by atoms with Gasteiger partial charge in [-0.15, -0.1) is 0 Å². The van der Waals surface area contributed by atoms with Crippen LogP contribution in [-0.4, -0.2) is 5.78 Å². The van der Waals surface area contributed by atoms with E-state index in [1.165, 1.54) is 24.3 Å². The molecule has 0 radical (unpaired) electrons. The van der Waals surface area contributed by atoms with Crippen LogP contribution in [0.25, 0.3) is 5.57 Å². The minimum absolute atomic E-state index is 0.0249. The van der Waals surface area contributed by atoms with Crippen molar-refractivity contribution in [3.63, 3.8) is 0 Å². The molecule has 1 unspecified atom stereocenters. The Hall–Kier alpha value is -2.83. The molecule has 7 heteroatoms.